The summed E-state index contributed by atoms with van der Waals surface area (Å²) in [5.74, 6) is 0. The zero-order valence-electron chi connectivity index (χ0n) is 17.1. The predicted molar refractivity (Wildman–Crippen MR) is 120 cm³/mol. The van der Waals surface area contributed by atoms with Gasteiger partial charge in [0.05, 0.1) is 0 Å². The van der Waals surface area contributed by atoms with E-state index in [4.69, 9.17) is 0 Å². The van der Waals surface area contributed by atoms with Crippen LogP contribution in [0.5, 0.6) is 0 Å². The van der Waals surface area contributed by atoms with E-state index in [-0.39, 0.29) is 0 Å². The number of rotatable bonds is 6. The Morgan fingerprint density at radius 3 is 1.19 bits per heavy atom. The summed E-state index contributed by atoms with van der Waals surface area (Å²) in [7, 11) is 8.31. The molecular weight excluding hydrogens is 350 g/mol. The molecule has 0 atom stereocenters. The van der Waals surface area contributed by atoms with Gasteiger partial charge in [-0.05, 0) is 0 Å². The molecule has 0 aromatic heterocycles. The van der Waals surface area contributed by atoms with Crippen molar-refractivity contribution in [3.05, 3.63) is 44.5 Å². The van der Waals surface area contributed by atoms with E-state index in [2.05, 4.69) is 70.2 Å². The maximum atomic E-state index is 4.15. The molecule has 2 heteroatoms. The number of hydrogen-bond acceptors (Lipinski definition) is 0. The van der Waals surface area contributed by atoms with Crippen LogP contribution in [0.15, 0.2) is 0 Å². The van der Waals surface area contributed by atoms with Gasteiger partial charge in [0.25, 0.3) is 0 Å². The van der Waals surface area contributed by atoms with Crippen LogP contribution in [0, 0.1) is 52.8 Å². The Balaban J connectivity index is 2.81. The van der Waals surface area contributed by atoms with Gasteiger partial charge in [-0.1, -0.05) is 0 Å². The predicted octanol–water partition coefficient (Wildman–Crippen LogP) is 8.08. The van der Waals surface area contributed by atoms with Crippen molar-refractivity contribution in [1.29, 1.82) is 0 Å². The molecule has 0 bridgehead atoms. The number of benzene rings is 2. The molecule has 0 amide bonds. The van der Waals surface area contributed by atoms with Gasteiger partial charge in [-0.3, -0.25) is 0 Å². The van der Waals surface area contributed by atoms with Crippen LogP contribution in [0.2, 0.25) is 0 Å². The molecule has 0 saturated carbocycles. The molecule has 0 aliphatic carbocycles. The van der Waals surface area contributed by atoms with Gasteiger partial charge in [0.1, 0.15) is 0 Å². The second-order valence-corrected chi connectivity index (χ2v) is 8.11. The zero-order chi connectivity index (χ0) is 19.4. The van der Waals surface area contributed by atoms with Crippen molar-refractivity contribution in [3.8, 4) is 11.3 Å². The van der Waals surface area contributed by atoms with Crippen molar-refractivity contribution in [3.63, 3.8) is 0 Å². The summed E-state index contributed by atoms with van der Waals surface area (Å²) in [6, 6.07) is 0. The minimum absolute atomic E-state index is 0.933. The summed E-state index contributed by atoms with van der Waals surface area (Å²) in [4.78, 5) is 0. The second-order valence-electron chi connectivity index (χ2n) is 7.48. The van der Waals surface area contributed by atoms with E-state index in [9.17, 15) is 0 Å². The van der Waals surface area contributed by atoms with E-state index in [1.165, 1.54) is 44.2 Å². The molecule has 136 valence electrons. The van der Waals surface area contributed by atoms with Crippen molar-refractivity contribution in [2.75, 3.05) is 0 Å². The van der Waals surface area contributed by atoms with Crippen LogP contribution in [0.3, 0.4) is 0 Å². The summed E-state index contributed by atoms with van der Waals surface area (Å²) in [5.41, 5.74) is 17.8. The molecule has 0 saturated heterocycles. The van der Waals surface area contributed by atoms with Crippen molar-refractivity contribution < 1.29 is 0 Å². The Hall–Kier alpha value is -0.880. The summed E-state index contributed by atoms with van der Waals surface area (Å²) in [6.45, 7) is 13.8. The zero-order valence-corrected chi connectivity index (χ0v) is 18.9. The van der Waals surface area contributed by atoms with Crippen LogP contribution in [0.4, 0.5) is 0 Å². The normalized spacial score (nSPS) is 10.8. The van der Waals surface area contributed by atoms with Crippen LogP contribution >= 0.6 is 17.4 Å². The molecule has 0 aliphatic rings. The summed E-state index contributed by atoms with van der Waals surface area (Å²) in [6.07, 6.45) is 6.28. The van der Waals surface area contributed by atoms with Crippen LogP contribution in [-0.4, -0.2) is 0 Å². The van der Waals surface area contributed by atoms with Crippen LogP contribution in [0.1, 0.15) is 70.2 Å². The van der Waals surface area contributed by atoms with Gasteiger partial charge in [0.15, 0.2) is 0 Å². The molecule has 26 heavy (non-hydrogen) atoms. The third-order valence-corrected chi connectivity index (χ3v) is 6.59. The summed E-state index contributed by atoms with van der Waals surface area (Å²) in [5, 5.41) is 2.96. The number of aryl methyl sites for hydroxylation is 4. The molecule has 0 aliphatic heterocycles. The van der Waals surface area contributed by atoms with Crippen molar-refractivity contribution in [2.24, 2.45) is 0 Å². The van der Waals surface area contributed by atoms with Gasteiger partial charge in [-0.2, -0.15) is 0 Å². The van der Waals surface area contributed by atoms with Crippen LogP contribution < -0.4 is 0 Å². The molecule has 0 heterocycles. The molecule has 0 fully saturated rings. The maximum absolute atomic E-state index is 4.15. The number of fused-ring (bicyclic) bond motifs is 1. The average Bonchev–Trinajstić information content (AvgIpc) is 2.62. The van der Waals surface area contributed by atoms with Crippen molar-refractivity contribution >= 4 is 28.2 Å². The van der Waals surface area contributed by atoms with Crippen LogP contribution in [0.25, 0.3) is 10.8 Å². The van der Waals surface area contributed by atoms with E-state index in [0.29, 0.717) is 0 Å². The second kappa shape index (κ2) is 9.36. The summed E-state index contributed by atoms with van der Waals surface area (Å²) >= 11 is 0. The Labute approximate surface area is 164 Å². The van der Waals surface area contributed by atoms with Gasteiger partial charge in [-0.15, -0.1) is 0 Å². The molecule has 0 unspecified atom stereocenters. The third-order valence-electron chi connectivity index (χ3n) is 6.14. The van der Waals surface area contributed by atoms with E-state index in [0.717, 1.165) is 38.5 Å². The standard InChI is InChI=1S/C24H30P2/c1-15-16(2)18(4)24-20(6)22(12-8-10-14-26)21(11-7-9-13-25)19(5)23(24)17(15)3/h7-12H2,1-6H3. The van der Waals surface area contributed by atoms with Gasteiger partial charge >= 0.3 is 164 Å². The third kappa shape index (κ3) is 4.01. The van der Waals surface area contributed by atoms with E-state index < -0.39 is 0 Å². The van der Waals surface area contributed by atoms with Crippen molar-refractivity contribution in [2.45, 2.75) is 80.1 Å². The first-order chi connectivity index (χ1) is 12.4. The number of unbranched alkanes of at least 4 members (excludes halogenated alkanes) is 2. The fourth-order valence-corrected chi connectivity index (χ4v) is 4.69. The average molecular weight is 380 g/mol. The molecule has 0 nitrogen and oxygen atoms in total. The Morgan fingerprint density at radius 2 is 0.885 bits per heavy atom. The Bertz CT molecular complexity index is 844. The molecular formula is C24H30P2. The van der Waals surface area contributed by atoms with Gasteiger partial charge < -0.3 is 0 Å². The first-order valence-corrected chi connectivity index (χ1v) is 10.5. The van der Waals surface area contributed by atoms with Crippen molar-refractivity contribution in [1.82, 2.24) is 0 Å². The van der Waals surface area contributed by atoms with E-state index in [1.54, 1.807) is 11.1 Å². The van der Waals surface area contributed by atoms with E-state index >= 15 is 0 Å². The number of hydrogen-bond donors (Lipinski definition) is 0. The van der Waals surface area contributed by atoms with Gasteiger partial charge in [0, 0.05) is 0 Å². The fourth-order valence-electron chi connectivity index (χ4n) is 4.37. The summed E-state index contributed by atoms with van der Waals surface area (Å²) < 4.78 is 0. The molecule has 0 N–H and O–H groups in total. The topological polar surface area (TPSA) is 0 Å². The Kier molecular flexibility index (Phi) is 7.71. The molecule has 2 aromatic carbocycles. The SMILES string of the molecule is Cc1c(C)c(C)c2c(C)c(CCCC#P)c(CCCC#P)c(C)c2c1C. The first-order valence-electron chi connectivity index (χ1n) is 9.61. The molecule has 2 rings (SSSR count). The van der Waals surface area contributed by atoms with E-state index in [1.807, 2.05) is 0 Å². The molecule has 0 radical (unpaired) electrons. The molecule has 0 spiro atoms. The van der Waals surface area contributed by atoms with Gasteiger partial charge in [-0.25, -0.2) is 0 Å². The fraction of sp³-hybridized carbons (Fsp3) is 0.500. The van der Waals surface area contributed by atoms with Gasteiger partial charge in [0.2, 0.25) is 0 Å². The van der Waals surface area contributed by atoms with Crippen LogP contribution in [-0.2, 0) is 12.8 Å². The Morgan fingerprint density at radius 1 is 0.538 bits per heavy atom. The monoisotopic (exact) mass is 380 g/mol. The quantitative estimate of drug-likeness (QED) is 0.351. The molecule has 2 aromatic rings. The minimum atomic E-state index is 0.933. The first kappa shape index (κ1) is 21.4.